The van der Waals surface area contributed by atoms with Crippen LogP contribution in [0.2, 0.25) is 0 Å². The highest BCUT2D eigenvalue weighted by Gasteiger charge is 2.57. The van der Waals surface area contributed by atoms with Gasteiger partial charge in [-0.1, -0.05) is 72.8 Å². The van der Waals surface area contributed by atoms with Crippen LogP contribution in [0.5, 0.6) is 5.75 Å². The van der Waals surface area contributed by atoms with E-state index in [1.807, 2.05) is 72.8 Å². The van der Waals surface area contributed by atoms with Crippen molar-refractivity contribution in [1.29, 1.82) is 0 Å². The number of hydroxylamine groups is 2. The number of amides is 1. The minimum atomic E-state index is -0.482. The Kier molecular flexibility index (Phi) is 5.45. The van der Waals surface area contributed by atoms with Crippen molar-refractivity contribution in [3.05, 3.63) is 102 Å². The fraction of sp³-hybridized carbons (Fsp3) is 0.269. The summed E-state index contributed by atoms with van der Waals surface area (Å²) in [6.07, 6.45) is 0.210. The molecule has 2 saturated heterocycles. The quantitative estimate of drug-likeness (QED) is 0.550. The molecule has 5 heteroatoms. The second kappa shape index (κ2) is 8.53. The zero-order chi connectivity index (χ0) is 21.2. The highest BCUT2D eigenvalue weighted by atomic mass is 16.8. The number of rotatable bonds is 6. The second-order valence-electron chi connectivity index (χ2n) is 7.99. The molecule has 1 amide bonds. The summed E-state index contributed by atoms with van der Waals surface area (Å²) in [5, 5.41) is 1.54. The van der Waals surface area contributed by atoms with Crippen molar-refractivity contribution in [2.24, 2.45) is 0 Å². The SMILES string of the molecule is COc1ccc(CO[C@H]2C[C@@H](c3ccccc3)[C@@H]3[C@H](c4ccccc4)C(=O)N3O2)cc1. The zero-order valence-corrected chi connectivity index (χ0v) is 17.4. The minimum Gasteiger partial charge on any atom is -0.497 e. The summed E-state index contributed by atoms with van der Waals surface area (Å²) in [5.74, 6) is 0.755. The lowest BCUT2D eigenvalue weighted by Gasteiger charge is -2.54. The number of nitrogens with zero attached hydrogens (tertiary/aromatic N) is 1. The maximum absolute atomic E-state index is 13.0. The molecule has 0 spiro atoms. The molecule has 4 atom stereocenters. The molecule has 0 aliphatic carbocycles. The molecule has 2 aliphatic rings. The van der Waals surface area contributed by atoms with Crippen LogP contribution >= 0.6 is 0 Å². The second-order valence-corrected chi connectivity index (χ2v) is 7.99. The standard InChI is InChI=1S/C26H25NO4/c1-29-21-14-12-18(13-15-21)17-30-23-16-22(19-8-4-2-5-9-19)25-24(26(28)27(25)31-23)20-10-6-3-7-11-20/h2-15,22-25H,16-17H2,1H3/t22-,23+,24-,25+/m0/s1. The van der Waals surface area contributed by atoms with Gasteiger partial charge in [-0.3, -0.25) is 4.79 Å². The first-order valence-corrected chi connectivity index (χ1v) is 10.6. The van der Waals surface area contributed by atoms with Crippen LogP contribution in [0.25, 0.3) is 0 Å². The van der Waals surface area contributed by atoms with Crippen LogP contribution in [0, 0.1) is 0 Å². The van der Waals surface area contributed by atoms with E-state index in [1.165, 1.54) is 10.6 Å². The van der Waals surface area contributed by atoms with Gasteiger partial charge >= 0.3 is 0 Å². The number of fused-ring (bicyclic) bond motifs is 1. The molecule has 158 valence electrons. The fourth-order valence-electron chi connectivity index (χ4n) is 4.56. The third-order valence-corrected chi connectivity index (χ3v) is 6.17. The Balaban J connectivity index is 1.35. The lowest BCUT2D eigenvalue weighted by Crippen LogP contribution is -2.65. The normalized spacial score (nSPS) is 24.9. The molecule has 0 bridgehead atoms. The molecule has 2 fully saturated rings. The largest absolute Gasteiger partial charge is 0.497 e. The number of carbonyl (C=O) groups is 1. The molecule has 5 rings (SSSR count). The summed E-state index contributed by atoms with van der Waals surface area (Å²) in [6, 6.07) is 28.1. The Morgan fingerprint density at radius 3 is 2.19 bits per heavy atom. The van der Waals surface area contributed by atoms with Crippen LogP contribution in [0.4, 0.5) is 0 Å². The number of hydrogen-bond acceptors (Lipinski definition) is 4. The van der Waals surface area contributed by atoms with Gasteiger partial charge in [-0.2, -0.15) is 0 Å². The predicted octanol–water partition coefficient (Wildman–Crippen LogP) is 4.65. The molecule has 3 aromatic carbocycles. The van der Waals surface area contributed by atoms with E-state index >= 15 is 0 Å². The minimum absolute atomic E-state index is 0.00474. The number of ether oxygens (including phenoxy) is 2. The molecule has 2 heterocycles. The fourth-order valence-corrected chi connectivity index (χ4v) is 4.56. The van der Waals surface area contributed by atoms with E-state index in [9.17, 15) is 4.79 Å². The molecule has 0 N–H and O–H groups in total. The summed E-state index contributed by atoms with van der Waals surface area (Å²) in [4.78, 5) is 19.0. The first-order valence-electron chi connectivity index (χ1n) is 10.6. The van der Waals surface area contributed by atoms with Crippen molar-refractivity contribution in [1.82, 2.24) is 5.06 Å². The van der Waals surface area contributed by atoms with Crippen LogP contribution in [0.3, 0.4) is 0 Å². The zero-order valence-electron chi connectivity index (χ0n) is 17.4. The van der Waals surface area contributed by atoms with Gasteiger partial charge in [-0.05, 0) is 28.8 Å². The van der Waals surface area contributed by atoms with Crippen molar-refractivity contribution in [3.8, 4) is 5.75 Å². The van der Waals surface area contributed by atoms with Crippen LogP contribution < -0.4 is 4.74 Å². The molecular weight excluding hydrogens is 390 g/mol. The van der Waals surface area contributed by atoms with Gasteiger partial charge in [0.1, 0.15) is 5.75 Å². The molecular formula is C26H25NO4. The number of β-lactam (4-membered cyclic amide) rings is 1. The Hall–Kier alpha value is -3.15. The van der Waals surface area contributed by atoms with E-state index in [4.69, 9.17) is 14.3 Å². The monoisotopic (exact) mass is 415 g/mol. The molecule has 2 aliphatic heterocycles. The van der Waals surface area contributed by atoms with E-state index in [2.05, 4.69) is 12.1 Å². The van der Waals surface area contributed by atoms with Crippen molar-refractivity contribution < 1.29 is 19.1 Å². The van der Waals surface area contributed by atoms with E-state index in [-0.39, 0.29) is 23.8 Å². The average molecular weight is 415 g/mol. The third kappa shape index (κ3) is 3.82. The third-order valence-electron chi connectivity index (χ3n) is 6.17. The number of benzene rings is 3. The molecule has 31 heavy (non-hydrogen) atoms. The summed E-state index contributed by atoms with van der Waals surface area (Å²) >= 11 is 0. The molecule has 3 aromatic rings. The average Bonchev–Trinajstić information content (AvgIpc) is 2.84. The van der Waals surface area contributed by atoms with Gasteiger partial charge in [0.15, 0.2) is 6.29 Å². The topological polar surface area (TPSA) is 48.0 Å². The molecule has 0 saturated carbocycles. The van der Waals surface area contributed by atoms with Crippen molar-refractivity contribution in [2.45, 2.75) is 37.2 Å². The summed E-state index contributed by atoms with van der Waals surface area (Å²) < 4.78 is 11.3. The molecule has 0 radical (unpaired) electrons. The lowest BCUT2D eigenvalue weighted by atomic mass is 9.72. The van der Waals surface area contributed by atoms with Crippen molar-refractivity contribution in [3.63, 3.8) is 0 Å². The van der Waals surface area contributed by atoms with E-state index in [0.29, 0.717) is 13.0 Å². The van der Waals surface area contributed by atoms with Gasteiger partial charge in [0.25, 0.3) is 5.91 Å². The Morgan fingerprint density at radius 1 is 0.903 bits per heavy atom. The van der Waals surface area contributed by atoms with Gasteiger partial charge in [-0.15, -0.1) is 0 Å². The van der Waals surface area contributed by atoms with Gasteiger partial charge in [0, 0.05) is 12.3 Å². The van der Waals surface area contributed by atoms with Crippen molar-refractivity contribution >= 4 is 5.91 Å². The molecule has 0 aromatic heterocycles. The summed E-state index contributed by atoms with van der Waals surface area (Å²) in [5.41, 5.74) is 3.27. The maximum atomic E-state index is 13.0. The van der Waals surface area contributed by atoms with Crippen molar-refractivity contribution in [2.75, 3.05) is 7.11 Å². The van der Waals surface area contributed by atoms with Crippen LogP contribution in [-0.4, -0.2) is 30.4 Å². The smallest absolute Gasteiger partial charge is 0.256 e. The van der Waals surface area contributed by atoms with Gasteiger partial charge in [0.05, 0.1) is 25.7 Å². The number of hydrogen-bond donors (Lipinski definition) is 0. The highest BCUT2D eigenvalue weighted by molar-refractivity contribution is 5.90. The number of carbonyl (C=O) groups excluding carboxylic acids is 1. The molecule has 5 nitrogen and oxygen atoms in total. The summed E-state index contributed by atoms with van der Waals surface area (Å²) in [6.45, 7) is 0.408. The molecule has 0 unspecified atom stereocenters. The maximum Gasteiger partial charge on any atom is 0.256 e. The predicted molar refractivity (Wildman–Crippen MR) is 116 cm³/mol. The highest BCUT2D eigenvalue weighted by Crippen LogP contribution is 2.49. The van der Waals surface area contributed by atoms with Gasteiger partial charge in [0.2, 0.25) is 0 Å². The van der Waals surface area contributed by atoms with Gasteiger partial charge < -0.3 is 9.47 Å². The number of methoxy groups -OCH3 is 1. The Bertz CT molecular complexity index is 1020. The van der Waals surface area contributed by atoms with Gasteiger partial charge in [-0.25, -0.2) is 9.90 Å². The van der Waals surface area contributed by atoms with Crippen LogP contribution in [-0.2, 0) is 21.0 Å². The van der Waals surface area contributed by atoms with E-state index in [1.54, 1.807) is 7.11 Å². The Labute approximate surface area is 182 Å². The Morgan fingerprint density at radius 2 is 1.55 bits per heavy atom. The van der Waals surface area contributed by atoms with E-state index < -0.39 is 6.29 Å². The first kappa shape index (κ1) is 19.8. The van der Waals surface area contributed by atoms with Crippen LogP contribution in [0.15, 0.2) is 84.9 Å². The van der Waals surface area contributed by atoms with E-state index in [0.717, 1.165) is 16.9 Å². The first-order chi connectivity index (χ1) is 15.2. The lowest BCUT2D eigenvalue weighted by molar-refractivity contribution is -0.336. The van der Waals surface area contributed by atoms with Crippen LogP contribution in [0.1, 0.15) is 34.9 Å². The summed E-state index contributed by atoms with van der Waals surface area (Å²) in [7, 11) is 1.65.